The summed E-state index contributed by atoms with van der Waals surface area (Å²) in [5.41, 5.74) is 1.73. The van der Waals surface area contributed by atoms with Crippen LogP contribution in [0.15, 0.2) is 62.6 Å². The molecule has 0 aliphatic rings. The van der Waals surface area contributed by atoms with Gasteiger partial charge in [-0.3, -0.25) is 0 Å². The Morgan fingerprint density at radius 2 is 1.95 bits per heavy atom. The Bertz CT molecular complexity index is 763. The van der Waals surface area contributed by atoms with Crippen molar-refractivity contribution in [1.29, 1.82) is 0 Å². The zero-order valence-electron chi connectivity index (χ0n) is 10.8. The molecule has 0 amide bonds. The monoisotopic (exact) mass is 364 g/mol. The summed E-state index contributed by atoms with van der Waals surface area (Å²) in [5.74, 6) is 0.798. The van der Waals surface area contributed by atoms with E-state index in [0.29, 0.717) is 16.9 Å². The highest BCUT2D eigenvalue weighted by molar-refractivity contribution is 9.10. The molecule has 0 aliphatic carbocycles. The third-order valence-electron chi connectivity index (χ3n) is 2.76. The van der Waals surface area contributed by atoms with E-state index in [2.05, 4.69) is 26.1 Å². The Morgan fingerprint density at radius 3 is 2.76 bits per heavy atom. The number of thioether (sulfide) groups is 1. The Labute approximate surface area is 133 Å². The molecule has 0 unspecified atom stereocenters. The molecular weight excluding hydrogens is 355 g/mol. The van der Waals surface area contributed by atoms with Crippen LogP contribution in [0.4, 0.5) is 4.39 Å². The summed E-state index contributed by atoms with van der Waals surface area (Å²) in [6.07, 6.45) is 0. The second kappa shape index (κ2) is 6.41. The topological polar surface area (TPSA) is 38.9 Å². The van der Waals surface area contributed by atoms with Crippen LogP contribution < -0.4 is 0 Å². The first-order chi connectivity index (χ1) is 10.2. The molecule has 3 aromatic rings. The Hall–Kier alpha value is -1.66. The molecule has 2 aromatic carbocycles. The van der Waals surface area contributed by atoms with Gasteiger partial charge in [0.15, 0.2) is 0 Å². The van der Waals surface area contributed by atoms with Gasteiger partial charge in [-0.15, -0.1) is 10.2 Å². The molecule has 0 N–H and O–H groups in total. The Morgan fingerprint density at radius 1 is 1.10 bits per heavy atom. The molecule has 0 saturated heterocycles. The highest BCUT2D eigenvalue weighted by atomic mass is 79.9. The van der Waals surface area contributed by atoms with Gasteiger partial charge >= 0.3 is 0 Å². The number of halogens is 2. The van der Waals surface area contributed by atoms with Gasteiger partial charge in [0.05, 0.1) is 5.56 Å². The van der Waals surface area contributed by atoms with Gasteiger partial charge in [-0.05, 0) is 45.8 Å². The van der Waals surface area contributed by atoms with Crippen LogP contribution in [0.3, 0.4) is 0 Å². The highest BCUT2D eigenvalue weighted by Crippen LogP contribution is 2.30. The average molecular weight is 365 g/mol. The average Bonchev–Trinajstić information content (AvgIpc) is 2.94. The summed E-state index contributed by atoms with van der Waals surface area (Å²) in [6.45, 7) is 0. The molecular formula is C15H10BrFN2OS. The first-order valence-corrected chi connectivity index (χ1v) is 7.96. The number of nitrogens with zero attached hydrogens (tertiary/aromatic N) is 2. The minimum Gasteiger partial charge on any atom is -0.411 e. The lowest BCUT2D eigenvalue weighted by Crippen LogP contribution is -1.82. The van der Waals surface area contributed by atoms with Crippen molar-refractivity contribution < 1.29 is 8.81 Å². The van der Waals surface area contributed by atoms with Gasteiger partial charge in [-0.1, -0.05) is 36.0 Å². The van der Waals surface area contributed by atoms with Crippen LogP contribution in [-0.4, -0.2) is 10.2 Å². The van der Waals surface area contributed by atoms with Crippen molar-refractivity contribution in [3.05, 3.63) is 64.4 Å². The zero-order chi connectivity index (χ0) is 14.7. The maximum atomic E-state index is 13.1. The van der Waals surface area contributed by atoms with Gasteiger partial charge in [0, 0.05) is 10.2 Å². The summed E-state index contributed by atoms with van der Waals surface area (Å²) in [5, 5.41) is 8.50. The number of hydrogen-bond donors (Lipinski definition) is 0. The normalized spacial score (nSPS) is 10.8. The molecule has 0 bridgehead atoms. The summed E-state index contributed by atoms with van der Waals surface area (Å²) in [6, 6.07) is 14.1. The summed E-state index contributed by atoms with van der Waals surface area (Å²) < 4.78 is 19.6. The maximum absolute atomic E-state index is 13.1. The Balaban J connectivity index is 1.72. The molecule has 0 radical (unpaired) electrons. The van der Waals surface area contributed by atoms with Crippen LogP contribution in [0.5, 0.6) is 0 Å². The van der Waals surface area contributed by atoms with Gasteiger partial charge < -0.3 is 4.42 Å². The van der Waals surface area contributed by atoms with Crippen molar-refractivity contribution in [2.75, 3.05) is 0 Å². The van der Waals surface area contributed by atoms with Crippen LogP contribution >= 0.6 is 27.7 Å². The molecule has 0 saturated carbocycles. The fourth-order valence-corrected chi connectivity index (χ4v) is 2.94. The van der Waals surface area contributed by atoms with E-state index in [-0.39, 0.29) is 5.82 Å². The lowest BCUT2D eigenvalue weighted by molar-refractivity contribution is 0.465. The molecule has 0 atom stereocenters. The van der Waals surface area contributed by atoms with Crippen molar-refractivity contribution in [2.45, 2.75) is 11.0 Å². The predicted octanol–water partition coefficient (Wildman–Crippen LogP) is 4.93. The van der Waals surface area contributed by atoms with Crippen molar-refractivity contribution in [2.24, 2.45) is 0 Å². The largest absolute Gasteiger partial charge is 0.411 e. The molecule has 21 heavy (non-hydrogen) atoms. The van der Waals surface area contributed by atoms with Crippen molar-refractivity contribution in [3.8, 4) is 11.5 Å². The fraction of sp³-hybridized carbons (Fsp3) is 0.0667. The number of rotatable bonds is 4. The van der Waals surface area contributed by atoms with Crippen molar-refractivity contribution in [1.82, 2.24) is 10.2 Å². The lowest BCUT2D eigenvalue weighted by Gasteiger charge is -1.98. The van der Waals surface area contributed by atoms with Gasteiger partial charge in [0.2, 0.25) is 5.89 Å². The predicted molar refractivity (Wildman–Crippen MR) is 83.4 cm³/mol. The quantitative estimate of drug-likeness (QED) is 0.615. The van der Waals surface area contributed by atoms with Crippen molar-refractivity contribution in [3.63, 3.8) is 0 Å². The number of benzene rings is 2. The summed E-state index contributed by atoms with van der Waals surface area (Å²) in [4.78, 5) is 0. The Kier molecular flexibility index (Phi) is 4.36. The van der Waals surface area contributed by atoms with E-state index in [1.807, 2.05) is 30.3 Å². The van der Waals surface area contributed by atoms with E-state index >= 15 is 0 Å². The van der Waals surface area contributed by atoms with Crippen LogP contribution in [0, 0.1) is 5.82 Å². The minimum absolute atomic E-state index is 0.243. The van der Waals surface area contributed by atoms with Crippen molar-refractivity contribution >= 4 is 27.7 Å². The second-order valence-corrected chi connectivity index (χ2v) is 6.05. The van der Waals surface area contributed by atoms with E-state index in [9.17, 15) is 4.39 Å². The van der Waals surface area contributed by atoms with Crippen LogP contribution in [0.1, 0.15) is 5.56 Å². The second-order valence-electron chi connectivity index (χ2n) is 4.27. The van der Waals surface area contributed by atoms with Gasteiger partial charge in [0.1, 0.15) is 5.82 Å². The maximum Gasteiger partial charge on any atom is 0.277 e. The first-order valence-electron chi connectivity index (χ1n) is 6.18. The molecule has 1 heterocycles. The number of aromatic nitrogens is 2. The van der Waals surface area contributed by atoms with E-state index in [0.717, 1.165) is 15.6 Å². The number of hydrogen-bond acceptors (Lipinski definition) is 4. The summed E-state index contributed by atoms with van der Waals surface area (Å²) in [7, 11) is 0. The third kappa shape index (κ3) is 3.51. The van der Waals surface area contributed by atoms with E-state index in [1.165, 1.54) is 23.9 Å². The first kappa shape index (κ1) is 14.3. The molecule has 0 spiro atoms. The molecule has 0 aliphatic heterocycles. The van der Waals surface area contributed by atoms with Gasteiger partial charge in [0.25, 0.3) is 5.22 Å². The minimum atomic E-state index is -0.243. The standard InChI is InChI=1S/C15H10BrFN2OS/c16-13-7-2-1-6-12(13)14-18-19-15(20-14)21-9-10-4-3-5-11(17)8-10/h1-8H,9H2. The molecule has 1 aromatic heterocycles. The van der Waals surface area contributed by atoms with E-state index in [4.69, 9.17) is 4.42 Å². The van der Waals surface area contributed by atoms with Crippen LogP contribution in [-0.2, 0) is 5.75 Å². The van der Waals surface area contributed by atoms with Crippen LogP contribution in [0.25, 0.3) is 11.5 Å². The molecule has 3 rings (SSSR count). The molecule has 3 nitrogen and oxygen atoms in total. The van der Waals surface area contributed by atoms with Crippen LogP contribution in [0.2, 0.25) is 0 Å². The van der Waals surface area contributed by atoms with Gasteiger partial charge in [-0.25, -0.2) is 4.39 Å². The van der Waals surface area contributed by atoms with E-state index < -0.39 is 0 Å². The lowest BCUT2D eigenvalue weighted by atomic mass is 10.2. The SMILES string of the molecule is Fc1cccc(CSc2nnc(-c3ccccc3Br)o2)c1. The highest BCUT2D eigenvalue weighted by Gasteiger charge is 2.11. The fourth-order valence-electron chi connectivity index (χ4n) is 1.78. The molecule has 0 fully saturated rings. The zero-order valence-corrected chi connectivity index (χ0v) is 13.2. The van der Waals surface area contributed by atoms with Gasteiger partial charge in [-0.2, -0.15) is 0 Å². The third-order valence-corrected chi connectivity index (χ3v) is 4.34. The smallest absolute Gasteiger partial charge is 0.277 e. The molecule has 6 heteroatoms. The van der Waals surface area contributed by atoms with E-state index in [1.54, 1.807) is 6.07 Å². The summed E-state index contributed by atoms with van der Waals surface area (Å²) >= 11 is 4.83. The molecule has 106 valence electrons.